The van der Waals surface area contributed by atoms with Gasteiger partial charge in [0.2, 0.25) is 23.4 Å². The molecule has 0 bridgehead atoms. The molecule has 1 aliphatic rings. The number of aliphatic hydroxyl groups is 3. The first kappa shape index (κ1) is 79.6. The van der Waals surface area contributed by atoms with E-state index in [2.05, 4.69) is 56.4 Å². The zero-order chi connectivity index (χ0) is 60.3. The zero-order valence-electron chi connectivity index (χ0n) is 51.3. The van der Waals surface area contributed by atoms with Crippen LogP contribution in [-0.4, -0.2) is 315 Å². The predicted octanol–water partition coefficient (Wildman–Crippen LogP) is 0.440. The molecule has 2 aromatic carbocycles. The number of aryl methyl sites for hydroxylation is 2. The summed E-state index contributed by atoms with van der Waals surface area (Å²) >= 11 is 7.50. The third-order valence-electron chi connectivity index (χ3n) is 12.5. The fourth-order valence-electron chi connectivity index (χ4n) is 8.48. The quantitative estimate of drug-likeness (QED) is 0.0728. The van der Waals surface area contributed by atoms with Gasteiger partial charge in [-0.3, -0.25) is 19.6 Å². The van der Waals surface area contributed by atoms with Gasteiger partial charge in [0.15, 0.2) is 40.5 Å². The van der Waals surface area contributed by atoms with Crippen LogP contribution in [0.2, 0.25) is 0 Å². The van der Waals surface area contributed by atoms with Crippen molar-refractivity contribution in [3.63, 3.8) is 0 Å². The number of carbonyl (C=O) groups excluding carboxylic acids is 2. The number of aromatic nitrogens is 12. The Morgan fingerprint density at radius 1 is 0.640 bits per heavy atom. The maximum atomic E-state index is 12.5. The molecule has 11 rings (SSSR count). The van der Waals surface area contributed by atoms with E-state index in [4.69, 9.17) is 38.2 Å². The topological polar surface area (TPSA) is 320 Å². The van der Waals surface area contributed by atoms with E-state index >= 15 is 0 Å². The Balaban J connectivity index is 0.000000336. The molecule has 1 saturated heterocycles. The van der Waals surface area contributed by atoms with E-state index in [0.717, 1.165) is 40.8 Å². The number of aliphatic hydroxyl groups excluding tert-OH is 3. The van der Waals surface area contributed by atoms with Crippen molar-refractivity contribution in [3.05, 3.63) is 130 Å². The van der Waals surface area contributed by atoms with Gasteiger partial charge >= 0.3 is 241 Å². The molecule has 0 radical (unpaired) electrons. The van der Waals surface area contributed by atoms with Crippen LogP contribution in [0.25, 0.3) is 55.9 Å². The van der Waals surface area contributed by atoms with E-state index in [-0.39, 0.29) is 135 Å². The number of ether oxygens (including phenoxy) is 4. The number of amides is 2. The van der Waals surface area contributed by atoms with Gasteiger partial charge in [-0.2, -0.15) is 9.03 Å². The Kier molecular flexibility index (Phi) is 38.7. The number of halogens is 1. The minimum absolute atomic E-state index is 0. The second kappa shape index (κ2) is 41.8. The molecule has 25 nitrogen and oxygen atoms in total. The predicted molar refractivity (Wildman–Crippen MR) is 319 cm³/mol. The summed E-state index contributed by atoms with van der Waals surface area (Å²) in [6.45, 7) is 7.50. The maximum absolute atomic E-state index is 12.5. The standard InChI is InChI=1S/C29H31N7O6.C24H23N7O5.ClH.7K.H/c1-17(14-37)30-28(38)21-11-10-19(31-18(21)2)15-41-29-23-8-4-3-7-22(23)26-32-33-27(36(26)34-29)24-13-20(42-35-24)16-40-25-9-5-6-12-39-25;1-13(10-32)25-23(34)17-8-7-15(26-14(17)2)12-35-24-19-6-4-3-5-18(19)21-27-28-22(31(21)29-24)20-9-16(11-33)36-30-20;;;;;;;;;/h3-4,7-8,10-11,13,17,25,37H,5-6,9,12,14-16H2,1-2H3,(H,30,38);3-9,13,32-33H,10-12H2,1-2H3,(H,25,34);1H;;;;;;;;/q;;;;;;;;;+1;-1/t17-,25?;13-;;;;;;;;;/m11........./s1. The van der Waals surface area contributed by atoms with Gasteiger partial charge in [0.25, 0.3) is 11.8 Å². The van der Waals surface area contributed by atoms with Crippen LogP contribution < -0.4 is 71.5 Å². The van der Waals surface area contributed by atoms with E-state index in [1.165, 1.54) is 194 Å². The molecule has 0 spiro atoms. The van der Waals surface area contributed by atoms with Crippen LogP contribution in [0.3, 0.4) is 0 Å². The summed E-state index contributed by atoms with van der Waals surface area (Å²) in [5.74, 6) is 1.67. The first-order valence-electron chi connectivity index (χ1n) is 28.0. The van der Waals surface area contributed by atoms with Crippen molar-refractivity contribution in [1.29, 1.82) is 0 Å². The van der Waals surface area contributed by atoms with E-state index in [1.54, 1.807) is 68.6 Å². The molecule has 10 aromatic rings. The molecule has 1 unspecified atom stereocenters. The van der Waals surface area contributed by atoms with Gasteiger partial charge in [0.05, 0.1) is 47.1 Å². The Bertz CT molecular complexity index is 3810. The average molecular weight is 1370 g/mol. The van der Waals surface area contributed by atoms with Crippen molar-refractivity contribution in [1.82, 2.24) is 70.5 Å². The monoisotopic (exact) mass is 1370 g/mol. The Labute approximate surface area is 680 Å². The second-order valence-electron chi connectivity index (χ2n) is 18.4. The van der Waals surface area contributed by atoms with Crippen molar-refractivity contribution >= 4 is 247 Å². The van der Waals surface area contributed by atoms with Crippen molar-refractivity contribution in [2.24, 2.45) is 0 Å². The van der Waals surface area contributed by atoms with Crippen molar-refractivity contribution in [2.75, 3.05) is 19.8 Å². The van der Waals surface area contributed by atoms with Crippen molar-refractivity contribution in [3.8, 4) is 34.8 Å². The molecule has 33 heteroatoms. The van der Waals surface area contributed by atoms with Gasteiger partial charge in [0.1, 0.15) is 26.4 Å². The van der Waals surface area contributed by atoms with Crippen LogP contribution in [0.5, 0.6) is 11.8 Å². The summed E-state index contributed by atoms with van der Waals surface area (Å²) in [5.41, 5.74) is 5.08. The van der Waals surface area contributed by atoms with Crippen LogP contribution in [0.4, 0.5) is 0 Å². The molecule has 0 aliphatic carbocycles. The summed E-state index contributed by atoms with van der Waals surface area (Å²) in [6.07, 6.45) is 2.74. The minimum atomic E-state index is -0.357. The summed E-state index contributed by atoms with van der Waals surface area (Å²) < 4.78 is 37.4. The Morgan fingerprint density at radius 2 is 1.08 bits per heavy atom. The Morgan fingerprint density at radius 3 is 1.49 bits per heavy atom. The molecule has 8 aromatic heterocycles. The van der Waals surface area contributed by atoms with Gasteiger partial charge in [-0.1, -0.05) is 46.7 Å². The van der Waals surface area contributed by atoms with Gasteiger partial charge in [0, 0.05) is 52.4 Å². The van der Waals surface area contributed by atoms with Gasteiger partial charge in [-0.25, -0.2) is 0 Å². The summed E-state index contributed by atoms with van der Waals surface area (Å²) in [6, 6.07) is 24.6. The van der Waals surface area contributed by atoms with Gasteiger partial charge in [-0.15, -0.1) is 43.0 Å². The van der Waals surface area contributed by atoms with Gasteiger partial charge in [-0.05, 0) is 83.4 Å². The molecule has 1 aliphatic heterocycles. The molecular weight excluding hydrogens is 1320 g/mol. The normalized spacial score (nSPS) is 13.3. The number of hydrogen-bond donors (Lipinski definition) is 5. The number of hydrogen-bond acceptors (Lipinski definition) is 21. The van der Waals surface area contributed by atoms with Crippen molar-refractivity contribution in [2.45, 2.75) is 91.8 Å². The van der Waals surface area contributed by atoms with Crippen LogP contribution in [-0.2, 0) is 35.9 Å². The molecule has 9 heterocycles. The summed E-state index contributed by atoms with van der Waals surface area (Å²) in [5, 5.41) is 70.8. The number of rotatable bonds is 18. The van der Waals surface area contributed by atoms with E-state index in [0.29, 0.717) is 98.1 Å². The SMILES string of the molecule is Cc1nc(COc2nn3c(-c4cc(CO)on4)nnc3c3ccccc23)ccc1C(=O)N[C@H](C)CO.Cc1nc(COc2nn3c(-c4cc(COC5CCCCO5)on4)nnc3c3ccccc23)ccc1C(=O)N[C@H](C)CO.Cl.[H-].[K+].[K][K].[K][K].[K][K]. The number of benzene rings is 2. The molecule has 1 fully saturated rings. The molecule has 5 N–H and O–H groups in total. The van der Waals surface area contributed by atoms with Crippen LogP contribution >= 0.6 is 12.4 Å². The number of fused-ring (bicyclic) bond motifs is 6. The summed E-state index contributed by atoms with van der Waals surface area (Å²) in [4.78, 5) is 33.9. The summed E-state index contributed by atoms with van der Waals surface area (Å²) in [7, 11) is 0. The number of nitrogens with one attached hydrogen (secondary N) is 2. The van der Waals surface area contributed by atoms with Crippen molar-refractivity contribution < 1.29 is 106 Å². The van der Waals surface area contributed by atoms with Gasteiger partial charge < -0.3 is 55.4 Å². The second-order valence-corrected chi connectivity index (χ2v) is 18.4. The first-order chi connectivity index (χ1) is 41.0. The molecule has 418 valence electrons. The number of carbonyl (C=O) groups is 2. The molecule has 0 saturated carbocycles. The Hall–Kier alpha value is 2.86. The molecule has 86 heavy (non-hydrogen) atoms. The number of nitrogens with zero attached hydrogens (tertiary/aromatic N) is 12. The fraction of sp³-hybridized carbons (Fsp3) is 0.321. The fourth-order valence-corrected chi connectivity index (χ4v) is 8.48. The molecule has 2 amide bonds. The molecular formula is C53H56ClK7N14O11. The molecule has 3 atom stereocenters. The van der Waals surface area contributed by atoms with Crippen LogP contribution in [0, 0.1) is 13.8 Å². The number of pyridine rings is 2. The van der Waals surface area contributed by atoms with Crippen LogP contribution in [0.15, 0.2) is 94.0 Å². The van der Waals surface area contributed by atoms with E-state index in [1.807, 2.05) is 48.5 Å². The first-order valence-corrected chi connectivity index (χ1v) is 76.0. The average Bonchev–Trinajstić information content (AvgIpc) is 1.79. The van der Waals surface area contributed by atoms with E-state index < -0.39 is 0 Å². The third kappa shape index (κ3) is 21.7. The third-order valence-corrected chi connectivity index (χ3v) is 12.5. The van der Waals surface area contributed by atoms with E-state index in [9.17, 15) is 19.8 Å². The van der Waals surface area contributed by atoms with Crippen LogP contribution in [0.1, 0.15) is 89.5 Å². The zero-order valence-corrected chi connectivity index (χ0v) is 72.9.